The normalized spacial score (nSPS) is 10.4. The molecular weight excluding hydrogens is 350 g/mol. The molecule has 0 heterocycles. The van der Waals surface area contributed by atoms with Crippen molar-refractivity contribution >= 4 is 5.69 Å². The summed E-state index contributed by atoms with van der Waals surface area (Å²) in [6.45, 7) is 0.698. The lowest BCUT2D eigenvalue weighted by atomic mass is 10.0. The molecule has 3 aromatic carbocycles. The number of rotatable bonds is 9. The number of benzene rings is 3. The van der Waals surface area contributed by atoms with Crippen molar-refractivity contribution in [3.05, 3.63) is 83.4 Å². The Labute approximate surface area is 167 Å². The van der Waals surface area contributed by atoms with Crippen LogP contribution in [0, 0.1) is 0 Å². The summed E-state index contributed by atoms with van der Waals surface area (Å²) in [5, 5.41) is 3.56. The summed E-state index contributed by atoms with van der Waals surface area (Å²) in [5.41, 5.74) is 4.82. The Balaban J connectivity index is 1.68. The summed E-state index contributed by atoms with van der Waals surface area (Å²) in [7, 11) is 5.03. The molecular formula is C24H27NO3. The van der Waals surface area contributed by atoms with Crippen molar-refractivity contribution in [1.29, 1.82) is 0 Å². The van der Waals surface area contributed by atoms with Crippen molar-refractivity contribution in [3.8, 4) is 17.2 Å². The molecule has 0 aliphatic rings. The van der Waals surface area contributed by atoms with Gasteiger partial charge in [-0.05, 0) is 59.9 Å². The van der Waals surface area contributed by atoms with E-state index in [0.717, 1.165) is 41.3 Å². The van der Waals surface area contributed by atoms with Gasteiger partial charge >= 0.3 is 0 Å². The third-order valence-electron chi connectivity index (χ3n) is 4.73. The summed E-state index contributed by atoms with van der Waals surface area (Å²) in [4.78, 5) is 0. The van der Waals surface area contributed by atoms with Crippen molar-refractivity contribution in [2.45, 2.75) is 19.4 Å². The summed E-state index contributed by atoms with van der Waals surface area (Å²) in [6.07, 6.45) is 1.92. The number of para-hydroxylation sites is 1. The lowest BCUT2D eigenvalue weighted by Crippen LogP contribution is -2.04. The molecule has 4 nitrogen and oxygen atoms in total. The van der Waals surface area contributed by atoms with Gasteiger partial charge in [-0.25, -0.2) is 0 Å². The molecule has 0 saturated heterocycles. The Morgan fingerprint density at radius 2 is 1.32 bits per heavy atom. The van der Waals surface area contributed by atoms with Crippen LogP contribution in [-0.4, -0.2) is 21.3 Å². The lowest BCUT2D eigenvalue weighted by Gasteiger charge is -2.14. The van der Waals surface area contributed by atoms with Crippen LogP contribution in [0.3, 0.4) is 0 Å². The lowest BCUT2D eigenvalue weighted by molar-refractivity contribution is 0.393. The van der Waals surface area contributed by atoms with Crippen LogP contribution in [0.2, 0.25) is 0 Å². The van der Waals surface area contributed by atoms with Gasteiger partial charge in [0, 0.05) is 18.3 Å². The van der Waals surface area contributed by atoms with E-state index in [1.54, 1.807) is 21.3 Å². The quantitative estimate of drug-likeness (QED) is 0.562. The maximum absolute atomic E-state index is 5.36. The van der Waals surface area contributed by atoms with Gasteiger partial charge in [0.15, 0.2) is 0 Å². The molecule has 0 bridgehead atoms. The van der Waals surface area contributed by atoms with Crippen LogP contribution in [-0.2, 0) is 19.4 Å². The van der Waals surface area contributed by atoms with Gasteiger partial charge in [-0.2, -0.15) is 0 Å². The molecule has 0 aromatic heterocycles. The standard InChI is InChI=1S/C24H27NO3/c1-26-21-9-6-7-18(13-21)11-12-20-8-4-5-10-24(20)25-17-19-14-22(27-2)16-23(15-19)28-3/h4-10,13-16,25H,11-12,17H2,1-3H3. The molecule has 0 fully saturated rings. The van der Waals surface area contributed by atoms with Gasteiger partial charge in [0.2, 0.25) is 0 Å². The van der Waals surface area contributed by atoms with Crippen LogP contribution >= 0.6 is 0 Å². The number of ether oxygens (including phenoxy) is 3. The minimum Gasteiger partial charge on any atom is -0.497 e. The zero-order valence-electron chi connectivity index (χ0n) is 16.7. The predicted molar refractivity (Wildman–Crippen MR) is 114 cm³/mol. The fraction of sp³-hybridized carbons (Fsp3) is 0.250. The second kappa shape index (κ2) is 9.70. The second-order valence-corrected chi connectivity index (χ2v) is 6.58. The highest BCUT2D eigenvalue weighted by molar-refractivity contribution is 5.52. The molecule has 28 heavy (non-hydrogen) atoms. The summed E-state index contributed by atoms with van der Waals surface area (Å²) in [5.74, 6) is 2.49. The van der Waals surface area contributed by atoms with Crippen LogP contribution in [0.15, 0.2) is 66.7 Å². The molecule has 1 N–H and O–H groups in total. The predicted octanol–water partition coefficient (Wildman–Crippen LogP) is 5.11. The average molecular weight is 377 g/mol. The van der Waals surface area contributed by atoms with E-state index in [0.29, 0.717) is 6.54 Å². The monoisotopic (exact) mass is 377 g/mol. The van der Waals surface area contributed by atoms with Crippen LogP contribution in [0.1, 0.15) is 16.7 Å². The molecule has 0 atom stereocenters. The van der Waals surface area contributed by atoms with Gasteiger partial charge in [0.05, 0.1) is 21.3 Å². The van der Waals surface area contributed by atoms with Gasteiger partial charge in [-0.1, -0.05) is 30.3 Å². The number of nitrogens with one attached hydrogen (secondary N) is 1. The molecule has 146 valence electrons. The minimum atomic E-state index is 0.698. The van der Waals surface area contributed by atoms with Crippen LogP contribution in [0.4, 0.5) is 5.69 Å². The van der Waals surface area contributed by atoms with Crippen molar-refractivity contribution in [3.63, 3.8) is 0 Å². The van der Waals surface area contributed by atoms with Crippen molar-refractivity contribution in [2.24, 2.45) is 0 Å². The SMILES string of the molecule is COc1cccc(CCc2ccccc2NCc2cc(OC)cc(OC)c2)c1. The Morgan fingerprint density at radius 1 is 0.643 bits per heavy atom. The minimum absolute atomic E-state index is 0.698. The van der Waals surface area contributed by atoms with Gasteiger partial charge < -0.3 is 19.5 Å². The average Bonchev–Trinajstić information content (AvgIpc) is 2.76. The Hall–Kier alpha value is -3.14. The van der Waals surface area contributed by atoms with Crippen molar-refractivity contribution in [2.75, 3.05) is 26.6 Å². The number of hydrogen-bond donors (Lipinski definition) is 1. The first-order valence-electron chi connectivity index (χ1n) is 9.38. The maximum Gasteiger partial charge on any atom is 0.122 e. The Morgan fingerprint density at radius 3 is 2.04 bits per heavy atom. The van der Waals surface area contributed by atoms with E-state index in [2.05, 4.69) is 41.7 Å². The highest BCUT2D eigenvalue weighted by Crippen LogP contribution is 2.24. The van der Waals surface area contributed by atoms with E-state index in [1.807, 2.05) is 30.3 Å². The fourth-order valence-corrected chi connectivity index (χ4v) is 3.18. The molecule has 4 heteroatoms. The smallest absolute Gasteiger partial charge is 0.122 e. The van der Waals surface area contributed by atoms with E-state index in [1.165, 1.54) is 11.1 Å². The zero-order chi connectivity index (χ0) is 19.8. The molecule has 3 aromatic rings. The van der Waals surface area contributed by atoms with Gasteiger partial charge in [0.25, 0.3) is 0 Å². The molecule has 0 spiro atoms. The van der Waals surface area contributed by atoms with Crippen molar-refractivity contribution in [1.82, 2.24) is 0 Å². The third-order valence-corrected chi connectivity index (χ3v) is 4.73. The first kappa shape index (κ1) is 19.6. The number of hydrogen-bond acceptors (Lipinski definition) is 4. The zero-order valence-corrected chi connectivity index (χ0v) is 16.7. The second-order valence-electron chi connectivity index (χ2n) is 6.58. The summed E-state index contributed by atoms with van der Waals surface area (Å²) < 4.78 is 16.0. The van der Waals surface area contributed by atoms with E-state index in [4.69, 9.17) is 14.2 Å². The van der Waals surface area contributed by atoms with E-state index < -0.39 is 0 Å². The van der Waals surface area contributed by atoms with Gasteiger partial charge in [-0.15, -0.1) is 0 Å². The van der Waals surface area contributed by atoms with Gasteiger partial charge in [0.1, 0.15) is 17.2 Å². The molecule has 0 aliphatic heterocycles. The first-order valence-corrected chi connectivity index (χ1v) is 9.38. The molecule has 0 radical (unpaired) electrons. The van der Waals surface area contributed by atoms with Crippen LogP contribution < -0.4 is 19.5 Å². The fourth-order valence-electron chi connectivity index (χ4n) is 3.18. The van der Waals surface area contributed by atoms with E-state index in [-0.39, 0.29) is 0 Å². The summed E-state index contributed by atoms with van der Waals surface area (Å²) in [6, 6.07) is 22.6. The highest BCUT2D eigenvalue weighted by atomic mass is 16.5. The molecule has 3 rings (SSSR count). The largest absolute Gasteiger partial charge is 0.497 e. The molecule has 0 amide bonds. The van der Waals surface area contributed by atoms with Gasteiger partial charge in [-0.3, -0.25) is 0 Å². The molecule has 0 saturated carbocycles. The number of anilines is 1. The van der Waals surface area contributed by atoms with E-state index in [9.17, 15) is 0 Å². The maximum atomic E-state index is 5.36. The van der Waals surface area contributed by atoms with Crippen LogP contribution in [0.5, 0.6) is 17.2 Å². The van der Waals surface area contributed by atoms with Crippen LogP contribution in [0.25, 0.3) is 0 Å². The molecule has 0 unspecified atom stereocenters. The third kappa shape index (κ3) is 5.19. The topological polar surface area (TPSA) is 39.7 Å². The Kier molecular flexibility index (Phi) is 6.79. The number of methoxy groups -OCH3 is 3. The Bertz CT molecular complexity index is 886. The van der Waals surface area contributed by atoms with Crippen molar-refractivity contribution < 1.29 is 14.2 Å². The van der Waals surface area contributed by atoms with E-state index >= 15 is 0 Å². The number of aryl methyl sites for hydroxylation is 2. The first-order chi connectivity index (χ1) is 13.7. The molecule has 0 aliphatic carbocycles. The summed E-state index contributed by atoms with van der Waals surface area (Å²) >= 11 is 0. The highest BCUT2D eigenvalue weighted by Gasteiger charge is 2.06.